The number of carbonyl (C=O) groups is 2. The third-order valence-electron chi connectivity index (χ3n) is 4.72. The Balaban J connectivity index is 1.47. The molecule has 0 bridgehead atoms. The maximum atomic E-state index is 12.7. The van der Waals surface area contributed by atoms with Crippen molar-refractivity contribution in [1.82, 2.24) is 15.2 Å². The highest BCUT2D eigenvalue weighted by molar-refractivity contribution is 5.95. The van der Waals surface area contributed by atoms with E-state index in [2.05, 4.69) is 10.3 Å². The summed E-state index contributed by atoms with van der Waals surface area (Å²) in [7, 11) is 0. The van der Waals surface area contributed by atoms with Crippen LogP contribution in [-0.4, -0.2) is 35.0 Å². The van der Waals surface area contributed by atoms with Crippen molar-refractivity contribution >= 4 is 11.8 Å². The van der Waals surface area contributed by atoms with Crippen LogP contribution in [0.4, 0.5) is 0 Å². The van der Waals surface area contributed by atoms with E-state index in [1.165, 1.54) is 0 Å². The zero-order chi connectivity index (χ0) is 18.1. The first kappa shape index (κ1) is 16.4. The Bertz CT molecular complexity index is 881. The number of benzene rings is 1. The number of aromatic nitrogens is 1. The molecule has 2 aromatic rings. The molecule has 1 N–H and O–H groups in total. The van der Waals surface area contributed by atoms with Crippen LogP contribution in [0.15, 0.2) is 30.6 Å². The summed E-state index contributed by atoms with van der Waals surface area (Å²) in [5, 5.41) is 2.93. The number of nitrogens with one attached hydrogen (secondary N) is 1. The lowest BCUT2D eigenvalue weighted by Crippen LogP contribution is -2.36. The molecule has 2 amide bonds. The van der Waals surface area contributed by atoms with Gasteiger partial charge in [-0.05, 0) is 35.2 Å². The summed E-state index contributed by atoms with van der Waals surface area (Å²) in [6, 6.07) is 5.61. The van der Waals surface area contributed by atoms with Crippen molar-refractivity contribution < 1.29 is 19.1 Å². The van der Waals surface area contributed by atoms with Crippen molar-refractivity contribution in [2.24, 2.45) is 0 Å². The van der Waals surface area contributed by atoms with E-state index < -0.39 is 0 Å². The molecule has 2 aliphatic heterocycles. The van der Waals surface area contributed by atoms with Crippen LogP contribution < -0.4 is 14.8 Å². The number of hydrogen-bond donors (Lipinski definition) is 1. The molecule has 1 aromatic carbocycles. The van der Waals surface area contributed by atoms with E-state index in [9.17, 15) is 9.59 Å². The topological polar surface area (TPSA) is 80.8 Å². The van der Waals surface area contributed by atoms with Crippen LogP contribution >= 0.6 is 0 Å². The molecule has 0 atom stereocenters. The fourth-order valence-electron chi connectivity index (χ4n) is 3.29. The maximum absolute atomic E-state index is 12.7. The van der Waals surface area contributed by atoms with Crippen molar-refractivity contribution in [1.29, 1.82) is 0 Å². The summed E-state index contributed by atoms with van der Waals surface area (Å²) in [6.45, 7) is 3.29. The first-order valence-corrected chi connectivity index (χ1v) is 8.50. The molecule has 0 saturated heterocycles. The summed E-state index contributed by atoms with van der Waals surface area (Å²) in [6.07, 6.45) is 3.99. The van der Waals surface area contributed by atoms with Gasteiger partial charge in [-0.2, -0.15) is 0 Å². The number of ether oxygens (including phenoxy) is 2. The van der Waals surface area contributed by atoms with Crippen LogP contribution in [0.2, 0.25) is 0 Å². The third kappa shape index (κ3) is 3.08. The summed E-state index contributed by atoms with van der Waals surface area (Å²) in [5.41, 5.74) is 3.41. The number of carbonyl (C=O) groups excluding carboxylic acids is 2. The molecule has 134 valence electrons. The van der Waals surface area contributed by atoms with Gasteiger partial charge in [0.1, 0.15) is 0 Å². The van der Waals surface area contributed by atoms with Gasteiger partial charge in [-0.3, -0.25) is 14.6 Å². The van der Waals surface area contributed by atoms with Crippen molar-refractivity contribution in [3.05, 3.63) is 52.8 Å². The fraction of sp³-hybridized carbons (Fsp3) is 0.316. The van der Waals surface area contributed by atoms with Gasteiger partial charge in [-0.15, -0.1) is 0 Å². The molecule has 26 heavy (non-hydrogen) atoms. The minimum Gasteiger partial charge on any atom is -0.454 e. The van der Waals surface area contributed by atoms with E-state index in [1.807, 2.05) is 18.2 Å². The molecule has 0 spiro atoms. The van der Waals surface area contributed by atoms with Gasteiger partial charge in [0.2, 0.25) is 12.7 Å². The normalized spacial score (nSPS) is 14.7. The predicted octanol–water partition coefficient (Wildman–Crippen LogP) is 1.64. The highest BCUT2D eigenvalue weighted by Gasteiger charge is 2.23. The van der Waals surface area contributed by atoms with Gasteiger partial charge in [0.15, 0.2) is 11.5 Å². The quantitative estimate of drug-likeness (QED) is 0.907. The van der Waals surface area contributed by atoms with Crippen LogP contribution in [0, 0.1) is 0 Å². The van der Waals surface area contributed by atoms with Gasteiger partial charge < -0.3 is 19.7 Å². The molecule has 3 heterocycles. The third-order valence-corrected chi connectivity index (χ3v) is 4.72. The van der Waals surface area contributed by atoms with Crippen molar-refractivity contribution in [2.75, 3.05) is 13.3 Å². The molecule has 0 aliphatic carbocycles. The number of rotatable bonds is 3. The van der Waals surface area contributed by atoms with Crippen LogP contribution in [0.5, 0.6) is 11.5 Å². The van der Waals surface area contributed by atoms with E-state index in [-0.39, 0.29) is 18.6 Å². The number of hydrogen-bond acceptors (Lipinski definition) is 5. The SMILES string of the molecule is CC(=O)N1CCc2c(cncc2C(=O)NCc2ccc3c(c2)OCO3)C1. The van der Waals surface area contributed by atoms with Crippen LogP contribution in [0.3, 0.4) is 0 Å². The average molecular weight is 353 g/mol. The molecule has 2 aliphatic rings. The monoisotopic (exact) mass is 353 g/mol. The van der Waals surface area contributed by atoms with Crippen LogP contribution in [0.1, 0.15) is 34.0 Å². The van der Waals surface area contributed by atoms with E-state index in [4.69, 9.17) is 9.47 Å². The van der Waals surface area contributed by atoms with Gasteiger partial charge >= 0.3 is 0 Å². The molecule has 0 unspecified atom stereocenters. The van der Waals surface area contributed by atoms with Crippen LogP contribution in [-0.2, 0) is 24.3 Å². The first-order chi connectivity index (χ1) is 12.6. The zero-order valence-electron chi connectivity index (χ0n) is 14.4. The standard InChI is InChI=1S/C19H19N3O4/c1-12(23)22-5-4-15-14(10-22)8-20-9-16(15)19(24)21-7-13-2-3-17-18(6-13)26-11-25-17/h2-3,6,8-9H,4-5,7,10-11H2,1H3,(H,21,24). The second-order valence-electron chi connectivity index (χ2n) is 6.39. The first-order valence-electron chi connectivity index (χ1n) is 8.50. The molecule has 1 aromatic heterocycles. The Morgan fingerprint density at radius 2 is 2.08 bits per heavy atom. The molecule has 7 nitrogen and oxygen atoms in total. The number of fused-ring (bicyclic) bond motifs is 2. The Labute approximate surface area is 150 Å². The zero-order valence-corrected chi connectivity index (χ0v) is 14.4. The smallest absolute Gasteiger partial charge is 0.253 e. The van der Waals surface area contributed by atoms with Crippen molar-refractivity contribution in [3.63, 3.8) is 0 Å². The number of amides is 2. The van der Waals surface area contributed by atoms with Gasteiger partial charge in [-0.1, -0.05) is 6.07 Å². The predicted molar refractivity (Wildman–Crippen MR) is 92.8 cm³/mol. The second-order valence-corrected chi connectivity index (χ2v) is 6.39. The van der Waals surface area contributed by atoms with Gasteiger partial charge in [0.05, 0.1) is 5.56 Å². The fourth-order valence-corrected chi connectivity index (χ4v) is 3.29. The van der Waals surface area contributed by atoms with E-state index in [0.29, 0.717) is 37.4 Å². The molecular weight excluding hydrogens is 334 g/mol. The maximum Gasteiger partial charge on any atom is 0.253 e. The Morgan fingerprint density at radius 3 is 2.92 bits per heavy atom. The summed E-state index contributed by atoms with van der Waals surface area (Å²) < 4.78 is 10.6. The average Bonchev–Trinajstić information content (AvgIpc) is 3.12. The second kappa shape index (κ2) is 6.67. The number of nitrogens with zero attached hydrogens (tertiary/aromatic N) is 2. The Hall–Kier alpha value is -3.09. The molecule has 7 heteroatoms. The number of pyridine rings is 1. The van der Waals surface area contributed by atoms with E-state index in [0.717, 1.165) is 22.4 Å². The molecule has 4 rings (SSSR count). The summed E-state index contributed by atoms with van der Waals surface area (Å²) in [5.74, 6) is 1.29. The lowest BCUT2D eigenvalue weighted by molar-refractivity contribution is -0.129. The van der Waals surface area contributed by atoms with Crippen LogP contribution in [0.25, 0.3) is 0 Å². The van der Waals surface area contributed by atoms with Crippen molar-refractivity contribution in [3.8, 4) is 11.5 Å². The van der Waals surface area contributed by atoms with Gasteiger partial charge in [0, 0.05) is 39.0 Å². The van der Waals surface area contributed by atoms with E-state index >= 15 is 0 Å². The molecule has 0 radical (unpaired) electrons. The van der Waals surface area contributed by atoms with Crippen molar-refractivity contribution in [2.45, 2.75) is 26.4 Å². The Morgan fingerprint density at radius 1 is 1.23 bits per heavy atom. The summed E-state index contributed by atoms with van der Waals surface area (Å²) in [4.78, 5) is 30.2. The van der Waals surface area contributed by atoms with Gasteiger partial charge in [-0.25, -0.2) is 0 Å². The summed E-state index contributed by atoms with van der Waals surface area (Å²) >= 11 is 0. The minimum absolute atomic E-state index is 0.0355. The molecule has 0 saturated carbocycles. The Kier molecular flexibility index (Phi) is 4.20. The molecule has 0 fully saturated rings. The highest BCUT2D eigenvalue weighted by Crippen LogP contribution is 2.32. The molecular formula is C19H19N3O4. The minimum atomic E-state index is -0.164. The lowest BCUT2D eigenvalue weighted by Gasteiger charge is -2.28. The lowest BCUT2D eigenvalue weighted by atomic mass is 9.96. The highest BCUT2D eigenvalue weighted by atomic mass is 16.7. The largest absolute Gasteiger partial charge is 0.454 e. The van der Waals surface area contributed by atoms with E-state index in [1.54, 1.807) is 24.2 Å². The van der Waals surface area contributed by atoms with Gasteiger partial charge in [0.25, 0.3) is 5.91 Å².